The van der Waals surface area contributed by atoms with Crippen molar-refractivity contribution in [2.45, 2.75) is 0 Å². The number of amides is 1. The van der Waals surface area contributed by atoms with Crippen LogP contribution >= 0.6 is 0 Å². The fourth-order valence-corrected chi connectivity index (χ4v) is 3.28. The quantitative estimate of drug-likeness (QED) is 0.519. The van der Waals surface area contributed by atoms with E-state index in [9.17, 15) is 4.79 Å². The fourth-order valence-electron chi connectivity index (χ4n) is 3.28. The number of para-hydroxylation sites is 1. The van der Waals surface area contributed by atoms with Crippen LogP contribution in [0.2, 0.25) is 0 Å². The van der Waals surface area contributed by atoms with E-state index in [-0.39, 0.29) is 0 Å². The zero-order valence-electron chi connectivity index (χ0n) is 15.0. The van der Waals surface area contributed by atoms with E-state index < -0.39 is 5.91 Å². The molecule has 0 aliphatic carbocycles. The lowest BCUT2D eigenvalue weighted by atomic mass is 10.2. The third-order valence-electron chi connectivity index (χ3n) is 4.76. The number of imidazole rings is 1. The minimum absolute atomic E-state index is 0.411. The van der Waals surface area contributed by atoms with Crippen molar-refractivity contribution in [1.29, 1.82) is 0 Å². The number of fused-ring (bicyclic) bond motifs is 1. The average Bonchev–Trinajstić information content (AvgIpc) is 3.13. The summed E-state index contributed by atoms with van der Waals surface area (Å²) >= 11 is 0. The zero-order chi connectivity index (χ0) is 18.6. The van der Waals surface area contributed by atoms with Gasteiger partial charge in [-0.15, -0.1) is 0 Å². The summed E-state index contributed by atoms with van der Waals surface area (Å²) in [7, 11) is 0. The van der Waals surface area contributed by atoms with E-state index in [2.05, 4.69) is 30.5 Å². The lowest BCUT2D eigenvalue weighted by Crippen LogP contribution is -2.45. The molecule has 140 valence electrons. The molecular formula is C19H23N7O. The van der Waals surface area contributed by atoms with E-state index in [1.54, 1.807) is 18.3 Å². The molecule has 1 aliphatic rings. The van der Waals surface area contributed by atoms with Crippen LogP contribution in [0.5, 0.6) is 0 Å². The van der Waals surface area contributed by atoms with E-state index in [4.69, 9.17) is 5.73 Å². The molecule has 0 unspecified atom stereocenters. The number of hydrogen-bond acceptors (Lipinski definition) is 6. The molecule has 4 rings (SSSR count). The molecule has 3 heterocycles. The maximum atomic E-state index is 11.6. The first-order chi connectivity index (χ1) is 13.2. The van der Waals surface area contributed by atoms with Crippen molar-refractivity contribution in [3.8, 4) is 11.4 Å². The van der Waals surface area contributed by atoms with Gasteiger partial charge in [-0.2, -0.15) is 0 Å². The summed E-state index contributed by atoms with van der Waals surface area (Å²) in [6, 6.07) is 9.24. The van der Waals surface area contributed by atoms with Crippen LogP contribution in [0, 0.1) is 0 Å². The standard InChI is InChI=1S/C19H23N7O/c20-18(27)14-2-1-3-15-17(14)25-19(24-15)13-4-5-16(23-12-13)22-8-11-26-9-6-21-7-10-26/h1-5,12,21H,6-11H2,(H2,20,27)(H,22,23)(H,24,25). The number of carbonyl (C=O) groups is 1. The van der Waals surface area contributed by atoms with Crippen molar-refractivity contribution in [2.75, 3.05) is 44.6 Å². The Morgan fingerprint density at radius 1 is 1.22 bits per heavy atom. The summed E-state index contributed by atoms with van der Waals surface area (Å²) < 4.78 is 0. The Kier molecular flexibility index (Phi) is 4.99. The molecule has 1 amide bonds. The molecule has 0 radical (unpaired) electrons. The molecule has 0 bridgehead atoms. The Bertz CT molecular complexity index is 929. The minimum Gasteiger partial charge on any atom is -0.369 e. The van der Waals surface area contributed by atoms with Gasteiger partial charge < -0.3 is 21.4 Å². The Labute approximate surface area is 157 Å². The average molecular weight is 365 g/mol. The van der Waals surface area contributed by atoms with Crippen molar-refractivity contribution in [3.05, 3.63) is 42.1 Å². The van der Waals surface area contributed by atoms with E-state index in [0.717, 1.165) is 56.2 Å². The number of piperazine rings is 1. The number of nitrogens with one attached hydrogen (secondary N) is 3. The van der Waals surface area contributed by atoms with Gasteiger partial charge in [0.25, 0.3) is 5.91 Å². The molecule has 8 nitrogen and oxygen atoms in total. The highest BCUT2D eigenvalue weighted by Gasteiger charge is 2.12. The number of aromatic nitrogens is 3. The van der Waals surface area contributed by atoms with E-state index >= 15 is 0 Å². The van der Waals surface area contributed by atoms with Gasteiger partial charge in [-0.1, -0.05) is 6.07 Å². The van der Waals surface area contributed by atoms with Crippen LogP contribution < -0.4 is 16.4 Å². The summed E-state index contributed by atoms with van der Waals surface area (Å²) in [6.45, 7) is 6.16. The molecular weight excluding hydrogens is 342 g/mol. The fraction of sp³-hybridized carbons (Fsp3) is 0.316. The first kappa shape index (κ1) is 17.4. The molecule has 1 fully saturated rings. The van der Waals surface area contributed by atoms with Gasteiger partial charge in [-0.25, -0.2) is 9.97 Å². The van der Waals surface area contributed by atoms with Crippen molar-refractivity contribution in [3.63, 3.8) is 0 Å². The summed E-state index contributed by atoms with van der Waals surface area (Å²) in [5.41, 5.74) is 8.05. The van der Waals surface area contributed by atoms with Crippen LogP contribution in [0.3, 0.4) is 0 Å². The highest BCUT2D eigenvalue weighted by molar-refractivity contribution is 6.04. The Hall–Kier alpha value is -2.97. The first-order valence-electron chi connectivity index (χ1n) is 9.12. The third kappa shape index (κ3) is 3.91. The van der Waals surface area contributed by atoms with E-state index in [1.165, 1.54) is 0 Å². The molecule has 5 N–H and O–H groups in total. The van der Waals surface area contributed by atoms with Gasteiger partial charge >= 0.3 is 0 Å². The number of primary amides is 1. The minimum atomic E-state index is -0.485. The second kappa shape index (κ2) is 7.73. The monoisotopic (exact) mass is 365 g/mol. The maximum absolute atomic E-state index is 11.6. The SMILES string of the molecule is NC(=O)c1cccc2[nH]c(-c3ccc(NCCN4CCNCC4)nc3)nc12. The van der Waals surface area contributed by atoms with E-state index in [1.807, 2.05) is 18.2 Å². The summed E-state index contributed by atoms with van der Waals surface area (Å²) in [6.07, 6.45) is 1.77. The lowest BCUT2D eigenvalue weighted by Gasteiger charge is -2.27. The molecule has 0 spiro atoms. The number of rotatable bonds is 6. The Morgan fingerprint density at radius 2 is 2.07 bits per heavy atom. The third-order valence-corrected chi connectivity index (χ3v) is 4.76. The largest absolute Gasteiger partial charge is 0.369 e. The van der Waals surface area contributed by atoms with Gasteiger partial charge in [0.2, 0.25) is 0 Å². The van der Waals surface area contributed by atoms with Gasteiger partial charge in [-0.3, -0.25) is 9.69 Å². The Morgan fingerprint density at radius 3 is 2.81 bits per heavy atom. The maximum Gasteiger partial charge on any atom is 0.250 e. The second-order valence-electron chi connectivity index (χ2n) is 6.60. The molecule has 27 heavy (non-hydrogen) atoms. The first-order valence-corrected chi connectivity index (χ1v) is 9.12. The molecule has 1 saturated heterocycles. The predicted molar refractivity (Wildman–Crippen MR) is 106 cm³/mol. The number of pyridine rings is 1. The predicted octanol–water partition coefficient (Wildman–Crippen LogP) is 1.04. The highest BCUT2D eigenvalue weighted by atomic mass is 16.1. The van der Waals surface area contributed by atoms with Crippen LogP contribution in [0.15, 0.2) is 36.5 Å². The van der Waals surface area contributed by atoms with Crippen molar-refractivity contribution in [2.24, 2.45) is 5.73 Å². The number of anilines is 1. The summed E-state index contributed by atoms with van der Waals surface area (Å²) in [4.78, 5) is 26.2. The van der Waals surface area contributed by atoms with Crippen molar-refractivity contribution < 1.29 is 4.79 Å². The number of aromatic amines is 1. The van der Waals surface area contributed by atoms with Gasteiger partial charge in [0.1, 0.15) is 17.2 Å². The van der Waals surface area contributed by atoms with Crippen LogP contribution in [0.4, 0.5) is 5.82 Å². The number of nitrogens with two attached hydrogens (primary N) is 1. The van der Waals surface area contributed by atoms with Crippen LogP contribution in [-0.4, -0.2) is 65.0 Å². The second-order valence-corrected chi connectivity index (χ2v) is 6.60. The van der Waals surface area contributed by atoms with Crippen LogP contribution in [0.1, 0.15) is 10.4 Å². The Balaban J connectivity index is 1.43. The zero-order valence-corrected chi connectivity index (χ0v) is 15.0. The van der Waals surface area contributed by atoms with Gasteiger partial charge in [0.05, 0.1) is 11.1 Å². The number of nitrogens with zero attached hydrogens (tertiary/aromatic N) is 3. The van der Waals surface area contributed by atoms with E-state index in [0.29, 0.717) is 16.9 Å². The number of carbonyl (C=O) groups excluding carboxylic acids is 1. The molecule has 1 aliphatic heterocycles. The summed E-state index contributed by atoms with van der Waals surface area (Å²) in [5, 5.41) is 6.71. The smallest absolute Gasteiger partial charge is 0.250 e. The molecule has 0 atom stereocenters. The highest BCUT2D eigenvalue weighted by Crippen LogP contribution is 2.23. The molecule has 0 saturated carbocycles. The van der Waals surface area contributed by atoms with Crippen molar-refractivity contribution >= 4 is 22.8 Å². The van der Waals surface area contributed by atoms with Crippen molar-refractivity contribution in [1.82, 2.24) is 25.2 Å². The normalized spacial score (nSPS) is 15.1. The molecule has 2 aromatic heterocycles. The van der Waals surface area contributed by atoms with Gasteiger partial charge in [0, 0.05) is 51.0 Å². The van der Waals surface area contributed by atoms with Gasteiger partial charge in [0.15, 0.2) is 0 Å². The van der Waals surface area contributed by atoms with Gasteiger partial charge in [-0.05, 0) is 24.3 Å². The molecule has 8 heteroatoms. The number of H-pyrrole nitrogens is 1. The van der Waals surface area contributed by atoms with Crippen LogP contribution in [-0.2, 0) is 0 Å². The van der Waals surface area contributed by atoms with Crippen LogP contribution in [0.25, 0.3) is 22.4 Å². The molecule has 1 aromatic carbocycles. The molecule has 3 aromatic rings. The topological polar surface area (TPSA) is 112 Å². The lowest BCUT2D eigenvalue weighted by molar-refractivity contribution is 0.100. The number of hydrogen-bond donors (Lipinski definition) is 4. The summed E-state index contributed by atoms with van der Waals surface area (Å²) in [5.74, 6) is 1.02. The number of benzene rings is 1.